The van der Waals surface area contributed by atoms with Crippen LogP contribution in [0.15, 0.2) is 29.2 Å². The highest BCUT2D eigenvalue weighted by Gasteiger charge is 2.34. The lowest BCUT2D eigenvalue weighted by molar-refractivity contribution is 0.0496. The number of aromatic nitrogens is 3. The number of hydrogen-bond acceptors (Lipinski definition) is 5. The molecule has 2 aromatic rings. The van der Waals surface area contributed by atoms with E-state index in [0.29, 0.717) is 18.7 Å². The summed E-state index contributed by atoms with van der Waals surface area (Å²) < 4.78 is 27.5. The van der Waals surface area contributed by atoms with Gasteiger partial charge >= 0.3 is 0 Å². The second kappa shape index (κ2) is 5.99. The number of benzene rings is 1. The van der Waals surface area contributed by atoms with Crippen LogP contribution in [0.5, 0.6) is 0 Å². The zero-order chi connectivity index (χ0) is 17.5. The Morgan fingerprint density at radius 2 is 1.83 bits per heavy atom. The van der Waals surface area contributed by atoms with E-state index in [4.69, 9.17) is 0 Å². The van der Waals surface area contributed by atoms with E-state index in [1.807, 2.05) is 18.5 Å². The predicted octanol–water partition coefficient (Wildman–Crippen LogP) is 0.500. The molecule has 1 N–H and O–H groups in total. The number of likely N-dealkylation sites (tertiary alicyclic amines) is 1. The Morgan fingerprint density at radius 3 is 2.33 bits per heavy atom. The van der Waals surface area contributed by atoms with Crippen molar-refractivity contribution in [3.63, 3.8) is 0 Å². The van der Waals surface area contributed by atoms with Crippen molar-refractivity contribution in [2.24, 2.45) is 0 Å². The molecule has 0 unspecified atom stereocenters. The van der Waals surface area contributed by atoms with E-state index < -0.39 is 10.0 Å². The first-order valence-corrected chi connectivity index (χ1v) is 9.03. The van der Waals surface area contributed by atoms with Gasteiger partial charge in [-0.05, 0) is 45.2 Å². The molecule has 128 valence electrons. The highest BCUT2D eigenvalue weighted by molar-refractivity contribution is 7.89. The van der Waals surface area contributed by atoms with Crippen LogP contribution in [0.4, 0.5) is 0 Å². The van der Waals surface area contributed by atoms with Crippen LogP contribution in [0.25, 0.3) is 0 Å². The van der Waals surface area contributed by atoms with Crippen LogP contribution in [0, 0.1) is 13.8 Å². The first kappa shape index (κ1) is 16.6. The molecule has 0 aliphatic carbocycles. The van der Waals surface area contributed by atoms with E-state index >= 15 is 0 Å². The monoisotopic (exact) mass is 349 g/mol. The molecule has 8 nitrogen and oxygen atoms in total. The summed E-state index contributed by atoms with van der Waals surface area (Å²) >= 11 is 0. The molecule has 0 radical (unpaired) electrons. The summed E-state index contributed by atoms with van der Waals surface area (Å²) in [6.07, 6.45) is 0. The second-order valence-electron chi connectivity index (χ2n) is 5.75. The Labute approximate surface area is 140 Å². The maximum Gasteiger partial charge on any atom is 0.254 e. The molecule has 0 atom stereocenters. The van der Waals surface area contributed by atoms with Gasteiger partial charge in [0.05, 0.1) is 10.9 Å². The lowest BCUT2D eigenvalue weighted by atomic mass is 10.1. The number of amides is 1. The maximum atomic E-state index is 12.4. The van der Waals surface area contributed by atoms with Gasteiger partial charge in [-0.1, -0.05) is 0 Å². The fraction of sp³-hybridized carbons (Fsp3) is 0.400. The maximum absolute atomic E-state index is 12.4. The van der Waals surface area contributed by atoms with Gasteiger partial charge in [-0.3, -0.25) is 4.79 Å². The van der Waals surface area contributed by atoms with Crippen molar-refractivity contribution in [3.05, 3.63) is 41.5 Å². The topological polar surface area (TPSA) is 97.2 Å². The summed E-state index contributed by atoms with van der Waals surface area (Å²) in [7, 11) is -2.14. The van der Waals surface area contributed by atoms with E-state index in [1.165, 1.54) is 31.3 Å². The molecule has 1 aliphatic heterocycles. The third-order valence-electron chi connectivity index (χ3n) is 4.08. The van der Waals surface area contributed by atoms with Gasteiger partial charge < -0.3 is 4.90 Å². The smallest absolute Gasteiger partial charge is 0.254 e. The van der Waals surface area contributed by atoms with Gasteiger partial charge in [-0.15, -0.1) is 0 Å². The Hall–Kier alpha value is -2.26. The standard InChI is InChI=1S/C15H19N5O3S/c1-10-17-11(2)20(18-10)13-8-19(9-13)15(21)12-4-6-14(7-5-12)24(22,23)16-3/h4-7,13,16H,8-9H2,1-3H3. The van der Waals surface area contributed by atoms with E-state index in [-0.39, 0.29) is 16.8 Å². The first-order valence-electron chi connectivity index (χ1n) is 7.54. The van der Waals surface area contributed by atoms with E-state index in [1.54, 1.807) is 4.90 Å². The molecule has 1 aromatic heterocycles. The summed E-state index contributed by atoms with van der Waals surface area (Å²) in [5.41, 5.74) is 0.468. The zero-order valence-electron chi connectivity index (χ0n) is 13.7. The van der Waals surface area contributed by atoms with Crippen molar-refractivity contribution in [3.8, 4) is 0 Å². The average molecular weight is 349 g/mol. The van der Waals surface area contributed by atoms with Gasteiger partial charge in [0.1, 0.15) is 11.6 Å². The van der Waals surface area contributed by atoms with Crippen molar-refractivity contribution in [1.82, 2.24) is 24.4 Å². The van der Waals surface area contributed by atoms with Crippen LogP contribution in [0.2, 0.25) is 0 Å². The fourth-order valence-corrected chi connectivity index (χ4v) is 3.46. The Kier molecular flexibility index (Phi) is 4.14. The minimum atomic E-state index is -3.49. The summed E-state index contributed by atoms with van der Waals surface area (Å²) in [5.74, 6) is 1.44. The van der Waals surface area contributed by atoms with E-state index in [9.17, 15) is 13.2 Å². The Balaban J connectivity index is 1.67. The molecular formula is C15H19N5O3S. The number of nitrogens with zero attached hydrogens (tertiary/aromatic N) is 4. The zero-order valence-corrected chi connectivity index (χ0v) is 14.5. The quantitative estimate of drug-likeness (QED) is 0.867. The first-order chi connectivity index (χ1) is 11.3. The molecular weight excluding hydrogens is 330 g/mol. The number of aryl methyl sites for hydroxylation is 2. The fourth-order valence-electron chi connectivity index (χ4n) is 2.73. The average Bonchev–Trinajstić information content (AvgIpc) is 2.84. The van der Waals surface area contributed by atoms with Crippen molar-refractivity contribution in [2.75, 3.05) is 20.1 Å². The molecule has 1 fully saturated rings. The van der Waals surface area contributed by atoms with Crippen LogP contribution in [-0.4, -0.2) is 54.1 Å². The van der Waals surface area contributed by atoms with Crippen LogP contribution in [0.1, 0.15) is 28.0 Å². The lowest BCUT2D eigenvalue weighted by Crippen LogP contribution is -2.51. The van der Waals surface area contributed by atoms with Crippen molar-refractivity contribution in [2.45, 2.75) is 24.8 Å². The number of carbonyl (C=O) groups excluding carboxylic acids is 1. The van der Waals surface area contributed by atoms with Gasteiger partial charge in [-0.2, -0.15) is 5.10 Å². The van der Waals surface area contributed by atoms with Gasteiger partial charge in [0.15, 0.2) is 0 Å². The molecule has 1 aromatic carbocycles. The predicted molar refractivity (Wildman–Crippen MR) is 87.1 cm³/mol. The number of rotatable bonds is 4. The van der Waals surface area contributed by atoms with Gasteiger partial charge in [0.25, 0.3) is 5.91 Å². The number of hydrogen-bond donors (Lipinski definition) is 1. The molecule has 0 spiro atoms. The number of nitrogens with one attached hydrogen (secondary N) is 1. The van der Waals surface area contributed by atoms with Crippen LogP contribution < -0.4 is 4.72 Å². The SMILES string of the molecule is CNS(=O)(=O)c1ccc(C(=O)N2CC(n3nc(C)nc3C)C2)cc1. The van der Waals surface area contributed by atoms with Crippen LogP contribution in [-0.2, 0) is 10.0 Å². The van der Waals surface area contributed by atoms with Gasteiger partial charge in [-0.25, -0.2) is 22.8 Å². The Bertz CT molecular complexity index is 867. The molecule has 1 saturated heterocycles. The molecule has 1 aliphatic rings. The third kappa shape index (κ3) is 2.92. The molecule has 24 heavy (non-hydrogen) atoms. The van der Waals surface area contributed by atoms with E-state index in [2.05, 4.69) is 14.8 Å². The molecule has 9 heteroatoms. The molecule has 2 heterocycles. The normalized spacial score (nSPS) is 15.4. The van der Waals surface area contributed by atoms with Crippen molar-refractivity contribution in [1.29, 1.82) is 0 Å². The number of sulfonamides is 1. The largest absolute Gasteiger partial charge is 0.334 e. The van der Waals surface area contributed by atoms with Crippen LogP contribution in [0.3, 0.4) is 0 Å². The van der Waals surface area contributed by atoms with Gasteiger partial charge in [0, 0.05) is 18.7 Å². The summed E-state index contributed by atoms with van der Waals surface area (Å²) in [4.78, 5) is 18.6. The van der Waals surface area contributed by atoms with Crippen LogP contribution >= 0.6 is 0 Å². The summed E-state index contributed by atoms with van der Waals surface area (Å²) in [5, 5.41) is 4.34. The summed E-state index contributed by atoms with van der Waals surface area (Å²) in [6, 6.07) is 6.07. The summed E-state index contributed by atoms with van der Waals surface area (Å²) in [6.45, 7) is 4.87. The molecule has 3 rings (SSSR count). The Morgan fingerprint density at radius 1 is 1.21 bits per heavy atom. The molecule has 1 amide bonds. The minimum absolute atomic E-state index is 0.117. The lowest BCUT2D eigenvalue weighted by Gasteiger charge is -2.39. The minimum Gasteiger partial charge on any atom is -0.334 e. The number of carbonyl (C=O) groups is 1. The highest BCUT2D eigenvalue weighted by Crippen LogP contribution is 2.24. The van der Waals surface area contributed by atoms with Crippen molar-refractivity contribution >= 4 is 15.9 Å². The van der Waals surface area contributed by atoms with E-state index in [0.717, 1.165) is 11.6 Å². The second-order valence-corrected chi connectivity index (χ2v) is 7.63. The highest BCUT2D eigenvalue weighted by atomic mass is 32.2. The third-order valence-corrected chi connectivity index (χ3v) is 5.51. The molecule has 0 bridgehead atoms. The molecule has 0 saturated carbocycles. The van der Waals surface area contributed by atoms with Gasteiger partial charge in [0.2, 0.25) is 10.0 Å². The van der Waals surface area contributed by atoms with Crippen molar-refractivity contribution < 1.29 is 13.2 Å².